The Morgan fingerprint density at radius 1 is 1.46 bits per heavy atom. The quantitative estimate of drug-likeness (QED) is 0.660. The lowest BCUT2D eigenvalue weighted by molar-refractivity contribution is -0.107. The summed E-state index contributed by atoms with van der Waals surface area (Å²) >= 11 is 0. The number of carbonyl (C=O) groups excluding carboxylic acids is 1. The number of hydrogen-bond donors (Lipinski definition) is 0. The van der Waals surface area contributed by atoms with Gasteiger partial charge in [-0.25, -0.2) is 0 Å². The van der Waals surface area contributed by atoms with Crippen LogP contribution >= 0.6 is 0 Å². The van der Waals surface area contributed by atoms with Crippen molar-refractivity contribution in [2.75, 3.05) is 6.61 Å². The van der Waals surface area contributed by atoms with Gasteiger partial charge in [0.2, 0.25) is 0 Å². The summed E-state index contributed by atoms with van der Waals surface area (Å²) in [5, 5.41) is 0. The van der Waals surface area contributed by atoms with Gasteiger partial charge in [0.1, 0.15) is 12.0 Å². The Morgan fingerprint density at radius 3 is 2.77 bits per heavy atom. The van der Waals surface area contributed by atoms with E-state index >= 15 is 0 Å². The van der Waals surface area contributed by atoms with Crippen LogP contribution in [-0.2, 0) is 11.2 Å². The van der Waals surface area contributed by atoms with Gasteiger partial charge in [-0.1, -0.05) is 6.07 Å². The van der Waals surface area contributed by atoms with E-state index in [0.717, 1.165) is 23.2 Å². The van der Waals surface area contributed by atoms with Gasteiger partial charge in [-0.2, -0.15) is 0 Å². The highest BCUT2D eigenvalue weighted by Gasteiger charge is 1.99. The molecule has 13 heavy (non-hydrogen) atoms. The Hall–Kier alpha value is -1.31. The van der Waals surface area contributed by atoms with Crippen molar-refractivity contribution in [2.45, 2.75) is 20.3 Å². The molecule has 0 N–H and O–H groups in total. The third-order valence-electron chi connectivity index (χ3n) is 1.93. The summed E-state index contributed by atoms with van der Waals surface area (Å²) in [5.41, 5.74) is 2.18. The van der Waals surface area contributed by atoms with Crippen molar-refractivity contribution in [3.05, 3.63) is 29.3 Å². The third-order valence-corrected chi connectivity index (χ3v) is 1.93. The second kappa shape index (κ2) is 4.65. The fourth-order valence-electron chi connectivity index (χ4n) is 1.24. The molecule has 0 bridgehead atoms. The van der Waals surface area contributed by atoms with Gasteiger partial charge in [0.05, 0.1) is 6.61 Å². The fourth-order valence-corrected chi connectivity index (χ4v) is 1.24. The maximum atomic E-state index is 10.3. The van der Waals surface area contributed by atoms with Crippen LogP contribution < -0.4 is 4.74 Å². The van der Waals surface area contributed by atoms with Crippen LogP contribution in [0.4, 0.5) is 0 Å². The standard InChI is InChI=1S/C11H14O2/c1-3-13-11-5-4-10(6-7-12)9(2)8-11/h4-5,7-8H,3,6H2,1-2H3. The van der Waals surface area contributed by atoms with E-state index in [4.69, 9.17) is 4.74 Å². The molecule has 2 heteroatoms. The first-order chi connectivity index (χ1) is 6.27. The first-order valence-electron chi connectivity index (χ1n) is 4.44. The second-order valence-corrected chi connectivity index (χ2v) is 2.89. The molecule has 2 nitrogen and oxygen atoms in total. The molecule has 0 aliphatic rings. The van der Waals surface area contributed by atoms with Gasteiger partial charge in [-0.05, 0) is 37.1 Å². The molecule has 0 saturated heterocycles. The smallest absolute Gasteiger partial charge is 0.124 e. The third kappa shape index (κ3) is 2.58. The van der Waals surface area contributed by atoms with Crippen molar-refractivity contribution in [1.82, 2.24) is 0 Å². The summed E-state index contributed by atoms with van der Waals surface area (Å²) in [4.78, 5) is 10.3. The fraction of sp³-hybridized carbons (Fsp3) is 0.364. The molecule has 0 saturated carbocycles. The average Bonchev–Trinajstić information content (AvgIpc) is 2.10. The molecule has 0 aliphatic carbocycles. The van der Waals surface area contributed by atoms with Gasteiger partial charge < -0.3 is 9.53 Å². The molecule has 1 aromatic rings. The Balaban J connectivity index is 2.84. The SMILES string of the molecule is CCOc1ccc(CC=O)c(C)c1. The van der Waals surface area contributed by atoms with Crippen molar-refractivity contribution in [3.8, 4) is 5.75 Å². The van der Waals surface area contributed by atoms with Gasteiger partial charge in [0.15, 0.2) is 0 Å². The molecule has 0 spiro atoms. The highest BCUT2D eigenvalue weighted by atomic mass is 16.5. The van der Waals surface area contributed by atoms with Gasteiger partial charge in [-0.15, -0.1) is 0 Å². The summed E-state index contributed by atoms with van der Waals surface area (Å²) in [6.45, 7) is 4.61. The summed E-state index contributed by atoms with van der Waals surface area (Å²) in [5.74, 6) is 0.870. The predicted octanol–water partition coefficient (Wildman–Crippen LogP) is 2.14. The lowest BCUT2D eigenvalue weighted by atomic mass is 10.1. The maximum absolute atomic E-state index is 10.3. The Bertz CT molecular complexity index is 292. The number of benzene rings is 1. The first-order valence-corrected chi connectivity index (χ1v) is 4.44. The minimum absolute atomic E-state index is 0.484. The minimum atomic E-state index is 0.484. The average molecular weight is 178 g/mol. The molecule has 0 radical (unpaired) electrons. The lowest BCUT2D eigenvalue weighted by Gasteiger charge is -2.06. The van der Waals surface area contributed by atoms with Crippen LogP contribution in [0.5, 0.6) is 5.75 Å². The van der Waals surface area contributed by atoms with E-state index in [2.05, 4.69) is 0 Å². The number of hydrogen-bond acceptors (Lipinski definition) is 2. The van der Waals surface area contributed by atoms with Crippen molar-refractivity contribution in [1.29, 1.82) is 0 Å². The molecule has 70 valence electrons. The Kier molecular flexibility index (Phi) is 3.50. The topological polar surface area (TPSA) is 26.3 Å². The van der Waals surface area contributed by atoms with Crippen LogP contribution in [0.1, 0.15) is 18.1 Å². The van der Waals surface area contributed by atoms with Crippen molar-refractivity contribution < 1.29 is 9.53 Å². The zero-order chi connectivity index (χ0) is 9.68. The van der Waals surface area contributed by atoms with Crippen LogP contribution in [0.2, 0.25) is 0 Å². The second-order valence-electron chi connectivity index (χ2n) is 2.89. The molecule has 0 unspecified atom stereocenters. The van der Waals surface area contributed by atoms with Crippen LogP contribution in [0, 0.1) is 6.92 Å². The molecule has 0 heterocycles. The normalized spacial score (nSPS) is 9.69. The van der Waals surface area contributed by atoms with Crippen LogP contribution in [0.3, 0.4) is 0 Å². The van der Waals surface area contributed by atoms with E-state index in [9.17, 15) is 4.79 Å². The zero-order valence-corrected chi connectivity index (χ0v) is 8.04. The van der Waals surface area contributed by atoms with Crippen LogP contribution in [-0.4, -0.2) is 12.9 Å². The van der Waals surface area contributed by atoms with E-state index in [1.54, 1.807) is 0 Å². The van der Waals surface area contributed by atoms with E-state index in [0.29, 0.717) is 13.0 Å². The van der Waals surface area contributed by atoms with Crippen LogP contribution in [0.25, 0.3) is 0 Å². The number of carbonyl (C=O) groups is 1. The number of aryl methyl sites for hydroxylation is 1. The largest absolute Gasteiger partial charge is 0.494 e. The summed E-state index contributed by atoms with van der Waals surface area (Å²) in [6.07, 6.45) is 1.40. The monoisotopic (exact) mass is 178 g/mol. The van der Waals surface area contributed by atoms with Gasteiger partial charge in [-0.3, -0.25) is 0 Å². The van der Waals surface area contributed by atoms with Gasteiger partial charge in [0, 0.05) is 6.42 Å². The minimum Gasteiger partial charge on any atom is -0.494 e. The Morgan fingerprint density at radius 2 is 2.23 bits per heavy atom. The summed E-state index contributed by atoms with van der Waals surface area (Å²) in [7, 11) is 0. The molecular weight excluding hydrogens is 164 g/mol. The van der Waals surface area contributed by atoms with Gasteiger partial charge in [0.25, 0.3) is 0 Å². The molecule has 0 aliphatic heterocycles. The van der Waals surface area contributed by atoms with Crippen molar-refractivity contribution >= 4 is 6.29 Å². The molecule has 0 amide bonds. The first kappa shape index (κ1) is 9.78. The van der Waals surface area contributed by atoms with E-state index in [1.165, 1.54) is 0 Å². The maximum Gasteiger partial charge on any atom is 0.124 e. The van der Waals surface area contributed by atoms with E-state index < -0.39 is 0 Å². The van der Waals surface area contributed by atoms with Crippen molar-refractivity contribution in [3.63, 3.8) is 0 Å². The summed E-state index contributed by atoms with van der Waals surface area (Å²) in [6, 6.07) is 5.80. The van der Waals surface area contributed by atoms with Gasteiger partial charge >= 0.3 is 0 Å². The number of ether oxygens (including phenoxy) is 1. The Labute approximate surface area is 78.5 Å². The van der Waals surface area contributed by atoms with E-state index in [1.807, 2.05) is 32.0 Å². The lowest BCUT2D eigenvalue weighted by Crippen LogP contribution is -1.95. The highest BCUT2D eigenvalue weighted by molar-refractivity contribution is 5.56. The van der Waals surface area contributed by atoms with E-state index in [-0.39, 0.29) is 0 Å². The molecular formula is C11H14O2. The van der Waals surface area contributed by atoms with Crippen molar-refractivity contribution in [2.24, 2.45) is 0 Å². The highest BCUT2D eigenvalue weighted by Crippen LogP contribution is 2.17. The number of aldehydes is 1. The molecule has 1 rings (SSSR count). The summed E-state index contributed by atoms with van der Waals surface area (Å²) < 4.78 is 5.33. The molecule has 0 fully saturated rings. The molecule has 1 aromatic carbocycles. The molecule has 0 atom stereocenters. The predicted molar refractivity (Wildman–Crippen MR) is 52.1 cm³/mol. The van der Waals surface area contributed by atoms with Crippen LogP contribution in [0.15, 0.2) is 18.2 Å². The zero-order valence-electron chi connectivity index (χ0n) is 8.04. The molecule has 0 aromatic heterocycles. The number of rotatable bonds is 4.